The number of nitrogens with one attached hydrogen (secondary N) is 1. The molecule has 6 heteroatoms. The number of nitrogens with zero attached hydrogens (tertiary/aromatic N) is 3. The van der Waals surface area contributed by atoms with Gasteiger partial charge in [-0.05, 0) is 18.1 Å². The van der Waals surface area contributed by atoms with Crippen molar-refractivity contribution in [2.24, 2.45) is 5.92 Å². The number of carbonyl (C=O) groups excluding carboxylic acids is 1. The molecule has 0 aliphatic rings. The van der Waals surface area contributed by atoms with Gasteiger partial charge in [-0.1, -0.05) is 13.8 Å². The molecule has 0 aromatic carbocycles. The number of aromatic nitrogens is 1. The quantitative estimate of drug-likeness (QED) is 0.815. The molecule has 0 bridgehead atoms. The molecular formula is C13H19N5O. The highest BCUT2D eigenvalue weighted by Crippen LogP contribution is 2.14. The summed E-state index contributed by atoms with van der Waals surface area (Å²) >= 11 is 0. The lowest BCUT2D eigenvalue weighted by Gasteiger charge is -2.18. The van der Waals surface area contributed by atoms with Crippen molar-refractivity contribution in [3.05, 3.63) is 17.8 Å². The Morgan fingerprint density at radius 3 is 2.84 bits per heavy atom. The van der Waals surface area contributed by atoms with Crippen LogP contribution in [-0.4, -0.2) is 31.0 Å². The molecule has 1 aromatic rings. The Morgan fingerprint density at radius 2 is 2.26 bits per heavy atom. The number of anilines is 2. The lowest BCUT2D eigenvalue weighted by molar-refractivity contribution is -0.119. The van der Waals surface area contributed by atoms with Crippen LogP contribution in [0.15, 0.2) is 12.1 Å². The van der Waals surface area contributed by atoms with Gasteiger partial charge in [0, 0.05) is 13.6 Å². The molecule has 19 heavy (non-hydrogen) atoms. The highest BCUT2D eigenvalue weighted by atomic mass is 16.2. The number of nitrogens with two attached hydrogens (primary N) is 1. The van der Waals surface area contributed by atoms with Gasteiger partial charge in [0.15, 0.2) is 5.69 Å². The second-order valence-electron chi connectivity index (χ2n) is 4.77. The summed E-state index contributed by atoms with van der Waals surface area (Å²) in [7, 11) is 1.74. The number of likely N-dealkylation sites (N-methyl/N-ethyl adjacent to an activating group) is 1. The number of pyridine rings is 1. The van der Waals surface area contributed by atoms with Gasteiger partial charge in [-0.15, -0.1) is 0 Å². The maximum Gasteiger partial charge on any atom is 0.239 e. The molecule has 0 saturated heterocycles. The van der Waals surface area contributed by atoms with Crippen molar-refractivity contribution in [1.82, 2.24) is 10.3 Å². The molecule has 1 heterocycles. The fourth-order valence-corrected chi connectivity index (χ4v) is 1.43. The van der Waals surface area contributed by atoms with Crippen molar-refractivity contribution < 1.29 is 4.79 Å². The highest BCUT2D eigenvalue weighted by Gasteiger charge is 2.10. The summed E-state index contributed by atoms with van der Waals surface area (Å²) in [4.78, 5) is 17.5. The lowest BCUT2D eigenvalue weighted by atomic mass is 10.2. The Hall–Kier alpha value is -2.29. The standard InChI is InChI=1S/C13H19N5O/c1-9(2)7-16-13(19)8-18(3)12-5-4-10(15)11(6-14)17-12/h4-5,9H,7-8,15H2,1-3H3,(H,16,19). The fraction of sp³-hybridized carbons (Fsp3) is 0.462. The monoisotopic (exact) mass is 261 g/mol. The number of nitriles is 1. The average Bonchev–Trinajstić information content (AvgIpc) is 2.36. The Bertz CT molecular complexity index is 492. The number of carbonyl (C=O) groups is 1. The average molecular weight is 261 g/mol. The topological polar surface area (TPSA) is 95.0 Å². The zero-order chi connectivity index (χ0) is 14.4. The van der Waals surface area contributed by atoms with Crippen LogP contribution in [0.2, 0.25) is 0 Å². The van der Waals surface area contributed by atoms with E-state index in [4.69, 9.17) is 11.0 Å². The number of amides is 1. The molecule has 0 spiro atoms. The first-order valence-corrected chi connectivity index (χ1v) is 6.08. The lowest BCUT2D eigenvalue weighted by Crippen LogP contribution is -2.37. The zero-order valence-corrected chi connectivity index (χ0v) is 11.5. The van der Waals surface area contributed by atoms with Gasteiger partial charge in [-0.2, -0.15) is 5.26 Å². The van der Waals surface area contributed by atoms with Gasteiger partial charge in [0.1, 0.15) is 11.9 Å². The first-order chi connectivity index (χ1) is 8.93. The van der Waals surface area contributed by atoms with Gasteiger partial charge in [0.05, 0.1) is 12.2 Å². The van der Waals surface area contributed by atoms with Crippen LogP contribution in [0.3, 0.4) is 0 Å². The maximum atomic E-state index is 11.7. The molecule has 1 rings (SSSR count). The fourth-order valence-electron chi connectivity index (χ4n) is 1.43. The van der Waals surface area contributed by atoms with E-state index in [2.05, 4.69) is 10.3 Å². The summed E-state index contributed by atoms with van der Waals surface area (Å²) in [6.07, 6.45) is 0. The maximum absolute atomic E-state index is 11.7. The molecule has 6 nitrogen and oxygen atoms in total. The summed E-state index contributed by atoms with van der Waals surface area (Å²) in [6.45, 7) is 4.90. The highest BCUT2D eigenvalue weighted by molar-refractivity contribution is 5.81. The van der Waals surface area contributed by atoms with Gasteiger partial charge < -0.3 is 16.0 Å². The third-order valence-electron chi connectivity index (χ3n) is 2.50. The molecule has 1 aromatic heterocycles. The minimum absolute atomic E-state index is 0.0756. The number of nitrogen functional groups attached to an aromatic ring is 1. The van der Waals surface area contributed by atoms with Crippen molar-refractivity contribution in [2.45, 2.75) is 13.8 Å². The Kier molecular flexibility index (Phi) is 5.12. The predicted molar refractivity (Wildman–Crippen MR) is 74.5 cm³/mol. The van der Waals surface area contributed by atoms with Crippen LogP contribution in [0.4, 0.5) is 11.5 Å². The van der Waals surface area contributed by atoms with E-state index in [0.29, 0.717) is 24.0 Å². The first kappa shape index (κ1) is 14.8. The van der Waals surface area contributed by atoms with E-state index in [-0.39, 0.29) is 18.1 Å². The molecule has 0 fully saturated rings. The molecule has 0 saturated carbocycles. The summed E-state index contributed by atoms with van der Waals surface area (Å²) < 4.78 is 0. The van der Waals surface area contributed by atoms with Gasteiger partial charge in [-0.3, -0.25) is 4.79 Å². The summed E-state index contributed by atoms with van der Waals surface area (Å²) in [5.41, 5.74) is 6.11. The molecule has 0 radical (unpaired) electrons. The minimum atomic E-state index is -0.0756. The van der Waals surface area contributed by atoms with Crippen LogP contribution in [0.25, 0.3) is 0 Å². The van der Waals surface area contributed by atoms with Crippen LogP contribution in [0.5, 0.6) is 0 Å². The van der Waals surface area contributed by atoms with Crippen molar-refractivity contribution in [2.75, 3.05) is 30.8 Å². The largest absolute Gasteiger partial charge is 0.396 e. The summed E-state index contributed by atoms with van der Waals surface area (Å²) in [5, 5.41) is 11.7. The van der Waals surface area contributed by atoms with E-state index in [1.807, 2.05) is 19.9 Å². The van der Waals surface area contributed by atoms with Crippen LogP contribution >= 0.6 is 0 Å². The van der Waals surface area contributed by atoms with E-state index in [9.17, 15) is 4.79 Å². The molecule has 0 aliphatic carbocycles. The molecule has 0 aliphatic heterocycles. The minimum Gasteiger partial charge on any atom is -0.396 e. The molecule has 3 N–H and O–H groups in total. The Balaban J connectivity index is 2.66. The predicted octanol–water partition coefficient (Wildman–Crippen LogP) is 0.744. The Morgan fingerprint density at radius 1 is 1.58 bits per heavy atom. The third kappa shape index (κ3) is 4.47. The third-order valence-corrected chi connectivity index (χ3v) is 2.50. The van der Waals surface area contributed by atoms with Crippen molar-refractivity contribution in [3.63, 3.8) is 0 Å². The Labute approximate surface area is 113 Å². The van der Waals surface area contributed by atoms with Gasteiger partial charge >= 0.3 is 0 Å². The smallest absolute Gasteiger partial charge is 0.239 e. The summed E-state index contributed by atoms with van der Waals surface area (Å²) in [5.74, 6) is 0.882. The molecule has 0 unspecified atom stereocenters. The molecule has 102 valence electrons. The van der Waals surface area contributed by atoms with E-state index in [0.717, 1.165) is 0 Å². The van der Waals surface area contributed by atoms with Crippen LogP contribution in [0, 0.1) is 17.2 Å². The molecule has 1 amide bonds. The van der Waals surface area contributed by atoms with E-state index in [1.54, 1.807) is 24.1 Å². The second-order valence-corrected chi connectivity index (χ2v) is 4.77. The van der Waals surface area contributed by atoms with Crippen molar-refractivity contribution in [3.8, 4) is 6.07 Å². The van der Waals surface area contributed by atoms with Crippen molar-refractivity contribution >= 4 is 17.4 Å². The van der Waals surface area contributed by atoms with Gasteiger partial charge in [0.25, 0.3) is 0 Å². The number of hydrogen-bond donors (Lipinski definition) is 2. The number of hydrogen-bond acceptors (Lipinski definition) is 5. The molecule has 0 atom stereocenters. The normalized spacial score (nSPS) is 10.1. The summed E-state index contributed by atoms with van der Waals surface area (Å²) in [6, 6.07) is 5.22. The number of rotatable bonds is 5. The zero-order valence-electron chi connectivity index (χ0n) is 11.5. The van der Waals surface area contributed by atoms with Crippen LogP contribution in [0.1, 0.15) is 19.5 Å². The van der Waals surface area contributed by atoms with Crippen molar-refractivity contribution in [1.29, 1.82) is 5.26 Å². The van der Waals surface area contributed by atoms with E-state index >= 15 is 0 Å². The van der Waals surface area contributed by atoms with Gasteiger partial charge in [0.2, 0.25) is 5.91 Å². The van der Waals surface area contributed by atoms with Gasteiger partial charge in [-0.25, -0.2) is 4.98 Å². The molecular weight excluding hydrogens is 242 g/mol. The van der Waals surface area contributed by atoms with Crippen LogP contribution in [-0.2, 0) is 4.79 Å². The van der Waals surface area contributed by atoms with E-state index in [1.165, 1.54) is 0 Å². The van der Waals surface area contributed by atoms with E-state index < -0.39 is 0 Å². The first-order valence-electron chi connectivity index (χ1n) is 6.08. The van der Waals surface area contributed by atoms with Crippen LogP contribution < -0.4 is 16.0 Å². The SMILES string of the molecule is CC(C)CNC(=O)CN(C)c1ccc(N)c(C#N)n1. The second kappa shape index (κ2) is 6.59.